The Morgan fingerprint density at radius 1 is 1.32 bits per heavy atom. The number of anilines is 1. The van der Waals surface area contributed by atoms with Gasteiger partial charge in [-0.05, 0) is 32.9 Å². The number of aromatic nitrogens is 3. The summed E-state index contributed by atoms with van der Waals surface area (Å²) in [4.78, 5) is 16.6. The molecule has 1 N–H and O–H groups in total. The molecule has 19 heavy (non-hydrogen) atoms. The van der Waals surface area contributed by atoms with Crippen LogP contribution >= 0.6 is 0 Å². The minimum atomic E-state index is 0.00523. The van der Waals surface area contributed by atoms with Crippen LogP contribution in [0.4, 0.5) is 5.82 Å². The average Bonchev–Trinajstić information content (AvgIpc) is 2.72. The van der Waals surface area contributed by atoms with Gasteiger partial charge in [0.05, 0.1) is 12.2 Å². The van der Waals surface area contributed by atoms with Gasteiger partial charge in [-0.15, -0.1) is 0 Å². The van der Waals surface area contributed by atoms with Gasteiger partial charge in [-0.25, -0.2) is 9.78 Å². The van der Waals surface area contributed by atoms with Crippen LogP contribution in [0, 0.1) is 0 Å². The molecule has 0 aliphatic carbocycles. The largest absolute Gasteiger partial charge is 0.370 e. The molecule has 5 heteroatoms. The van der Waals surface area contributed by atoms with Crippen LogP contribution in [0.15, 0.2) is 35.4 Å². The van der Waals surface area contributed by atoms with E-state index in [4.69, 9.17) is 0 Å². The normalized spacial score (nSPS) is 10.9. The summed E-state index contributed by atoms with van der Waals surface area (Å²) in [5.41, 5.74) is 0.882. The Labute approximate surface area is 112 Å². The van der Waals surface area contributed by atoms with E-state index in [9.17, 15) is 4.79 Å². The van der Waals surface area contributed by atoms with Gasteiger partial charge in [-0.2, -0.15) is 0 Å². The molecule has 0 aliphatic rings. The van der Waals surface area contributed by atoms with Crippen LogP contribution in [0.2, 0.25) is 0 Å². The maximum absolute atomic E-state index is 12.1. The number of imidazole rings is 1. The van der Waals surface area contributed by atoms with Crippen LogP contribution in [0.1, 0.15) is 32.5 Å². The lowest BCUT2D eigenvalue weighted by Gasteiger charge is -2.06. The molecular formula is C14H20N4O. The third-order valence-corrected chi connectivity index (χ3v) is 2.93. The fraction of sp³-hybridized carbons (Fsp3) is 0.429. The molecule has 0 radical (unpaired) electrons. The third kappa shape index (κ3) is 3.05. The van der Waals surface area contributed by atoms with E-state index in [0.717, 1.165) is 18.1 Å². The van der Waals surface area contributed by atoms with Crippen LogP contribution in [0.5, 0.6) is 0 Å². The Morgan fingerprint density at radius 3 is 2.74 bits per heavy atom. The van der Waals surface area contributed by atoms with Crippen molar-refractivity contribution in [3.63, 3.8) is 0 Å². The Morgan fingerprint density at radius 2 is 2.11 bits per heavy atom. The quantitative estimate of drug-likeness (QED) is 0.895. The van der Waals surface area contributed by atoms with Crippen molar-refractivity contribution in [3.8, 4) is 0 Å². The van der Waals surface area contributed by atoms with Gasteiger partial charge in [0.1, 0.15) is 5.82 Å². The molecular weight excluding hydrogens is 240 g/mol. The van der Waals surface area contributed by atoms with E-state index in [1.807, 2.05) is 51.4 Å². The molecule has 0 atom stereocenters. The lowest BCUT2D eigenvalue weighted by Crippen LogP contribution is -2.25. The zero-order valence-corrected chi connectivity index (χ0v) is 11.6. The highest BCUT2D eigenvalue weighted by Crippen LogP contribution is 2.06. The minimum Gasteiger partial charge on any atom is -0.370 e. The highest BCUT2D eigenvalue weighted by Gasteiger charge is 2.07. The van der Waals surface area contributed by atoms with E-state index in [0.29, 0.717) is 6.54 Å². The smallest absolute Gasteiger partial charge is 0.328 e. The van der Waals surface area contributed by atoms with Crippen molar-refractivity contribution < 1.29 is 0 Å². The number of rotatable bonds is 5. The van der Waals surface area contributed by atoms with Gasteiger partial charge >= 0.3 is 5.69 Å². The maximum Gasteiger partial charge on any atom is 0.328 e. The first kappa shape index (κ1) is 13.4. The number of hydrogen-bond donors (Lipinski definition) is 1. The number of nitrogens with zero attached hydrogens (tertiary/aromatic N) is 3. The summed E-state index contributed by atoms with van der Waals surface area (Å²) in [5, 5.41) is 3.17. The van der Waals surface area contributed by atoms with Crippen molar-refractivity contribution in [3.05, 3.63) is 46.8 Å². The summed E-state index contributed by atoms with van der Waals surface area (Å²) in [6, 6.07) is 5.98. The van der Waals surface area contributed by atoms with Gasteiger partial charge in [-0.3, -0.25) is 9.13 Å². The summed E-state index contributed by atoms with van der Waals surface area (Å²) in [7, 11) is 0. The van der Waals surface area contributed by atoms with E-state index in [1.165, 1.54) is 0 Å². The van der Waals surface area contributed by atoms with Gasteiger partial charge in [-0.1, -0.05) is 6.07 Å². The van der Waals surface area contributed by atoms with Crippen molar-refractivity contribution in [2.75, 3.05) is 11.9 Å². The fourth-order valence-corrected chi connectivity index (χ4v) is 1.96. The second kappa shape index (κ2) is 5.73. The van der Waals surface area contributed by atoms with Crippen LogP contribution in [-0.2, 0) is 6.54 Å². The first-order valence-corrected chi connectivity index (χ1v) is 6.59. The molecule has 0 bridgehead atoms. The van der Waals surface area contributed by atoms with Gasteiger partial charge in [0, 0.05) is 25.0 Å². The summed E-state index contributed by atoms with van der Waals surface area (Å²) in [6.07, 6.45) is 3.63. The molecule has 2 rings (SSSR count). The summed E-state index contributed by atoms with van der Waals surface area (Å²) >= 11 is 0. The Balaban J connectivity index is 2.21. The van der Waals surface area contributed by atoms with Crippen LogP contribution in [-0.4, -0.2) is 20.7 Å². The van der Waals surface area contributed by atoms with E-state index >= 15 is 0 Å². The number of hydrogen-bond acceptors (Lipinski definition) is 3. The topological polar surface area (TPSA) is 51.9 Å². The van der Waals surface area contributed by atoms with Crippen molar-refractivity contribution in [2.45, 2.75) is 33.4 Å². The van der Waals surface area contributed by atoms with Crippen molar-refractivity contribution in [2.24, 2.45) is 0 Å². The lowest BCUT2D eigenvalue weighted by atomic mass is 10.3. The number of nitrogens with one attached hydrogen (secondary N) is 1. The van der Waals surface area contributed by atoms with Crippen molar-refractivity contribution in [1.29, 1.82) is 0 Å². The molecule has 102 valence electrons. The fourth-order valence-electron chi connectivity index (χ4n) is 1.96. The molecule has 2 heterocycles. The summed E-state index contributed by atoms with van der Waals surface area (Å²) in [5.74, 6) is 0.844. The molecule has 2 aromatic rings. The summed E-state index contributed by atoms with van der Waals surface area (Å²) in [6.45, 7) is 7.35. The first-order valence-electron chi connectivity index (χ1n) is 6.59. The standard InChI is InChI=1S/C14H20N4O/c1-4-15-13-7-5-6-12(16-13)10-17-8-9-18(11(2)3)14(17)19/h5-9,11H,4,10H2,1-3H3,(H,15,16). The zero-order valence-electron chi connectivity index (χ0n) is 11.6. The molecule has 0 fully saturated rings. The molecule has 0 unspecified atom stereocenters. The first-order chi connectivity index (χ1) is 9.11. The lowest BCUT2D eigenvalue weighted by molar-refractivity contribution is 0.560. The second-order valence-electron chi connectivity index (χ2n) is 4.75. The van der Waals surface area contributed by atoms with E-state index < -0.39 is 0 Å². The predicted octanol–water partition coefficient (Wildman–Crippen LogP) is 2.11. The Bertz CT molecular complexity index is 597. The molecule has 2 aromatic heterocycles. The van der Waals surface area contributed by atoms with Crippen molar-refractivity contribution >= 4 is 5.82 Å². The third-order valence-electron chi connectivity index (χ3n) is 2.93. The van der Waals surface area contributed by atoms with E-state index in [2.05, 4.69) is 10.3 Å². The summed E-state index contributed by atoms with van der Waals surface area (Å²) < 4.78 is 3.40. The van der Waals surface area contributed by atoms with Crippen LogP contribution < -0.4 is 11.0 Å². The van der Waals surface area contributed by atoms with Crippen molar-refractivity contribution in [1.82, 2.24) is 14.1 Å². The van der Waals surface area contributed by atoms with E-state index in [1.54, 1.807) is 9.13 Å². The highest BCUT2D eigenvalue weighted by molar-refractivity contribution is 5.35. The molecule has 0 spiro atoms. The van der Waals surface area contributed by atoms with E-state index in [-0.39, 0.29) is 11.7 Å². The van der Waals surface area contributed by atoms with Crippen LogP contribution in [0.25, 0.3) is 0 Å². The molecule has 5 nitrogen and oxygen atoms in total. The molecule has 0 aromatic carbocycles. The predicted molar refractivity (Wildman–Crippen MR) is 76.6 cm³/mol. The number of pyridine rings is 1. The maximum atomic E-state index is 12.1. The molecule has 0 aliphatic heterocycles. The Kier molecular flexibility index (Phi) is 4.04. The SMILES string of the molecule is CCNc1cccc(Cn2ccn(C(C)C)c2=O)n1. The van der Waals surface area contributed by atoms with Gasteiger partial charge < -0.3 is 5.32 Å². The Hall–Kier alpha value is -2.04. The zero-order chi connectivity index (χ0) is 13.8. The average molecular weight is 260 g/mol. The van der Waals surface area contributed by atoms with Crippen LogP contribution in [0.3, 0.4) is 0 Å². The second-order valence-corrected chi connectivity index (χ2v) is 4.75. The monoisotopic (exact) mass is 260 g/mol. The van der Waals surface area contributed by atoms with Gasteiger partial charge in [0.2, 0.25) is 0 Å². The minimum absolute atomic E-state index is 0.00523. The highest BCUT2D eigenvalue weighted by atomic mass is 16.1. The molecule has 0 saturated carbocycles. The van der Waals surface area contributed by atoms with Gasteiger partial charge in [0.25, 0.3) is 0 Å². The molecule has 0 amide bonds. The van der Waals surface area contributed by atoms with Gasteiger partial charge in [0.15, 0.2) is 0 Å². The molecule has 0 saturated heterocycles.